The van der Waals surface area contributed by atoms with E-state index >= 15 is 0 Å². The summed E-state index contributed by atoms with van der Waals surface area (Å²) in [4.78, 5) is 39.9. The number of aliphatic hydroxyl groups is 4. The quantitative estimate of drug-likeness (QED) is 0.303. The minimum atomic E-state index is -2.88. The molecule has 32 heavy (non-hydrogen) atoms. The van der Waals surface area contributed by atoms with Crippen molar-refractivity contribution in [2.24, 2.45) is 23.5 Å². The maximum absolute atomic E-state index is 13.3. The van der Waals surface area contributed by atoms with Gasteiger partial charge in [-0.15, -0.1) is 0 Å². The molecule has 1 amide bonds. The van der Waals surface area contributed by atoms with E-state index in [9.17, 15) is 39.9 Å². The first-order valence-electron chi connectivity index (χ1n) is 9.95. The minimum Gasteiger partial charge on any atom is -0.508 e. The molecule has 0 saturated heterocycles. The Hall–Kier alpha value is -3.05. The fourth-order valence-corrected chi connectivity index (χ4v) is 5.57. The second kappa shape index (κ2) is 6.97. The molecule has 0 bridgehead atoms. The fourth-order valence-electron chi connectivity index (χ4n) is 5.57. The second-order valence-corrected chi connectivity index (χ2v) is 8.77. The van der Waals surface area contributed by atoms with Crippen molar-refractivity contribution in [3.63, 3.8) is 0 Å². The molecule has 0 heterocycles. The smallest absolute Gasteiger partial charge is 0.230 e. The largest absolute Gasteiger partial charge is 0.508 e. The first-order valence-corrected chi connectivity index (χ1v) is 9.95. The predicted molar refractivity (Wildman–Crippen MR) is 110 cm³/mol. The van der Waals surface area contributed by atoms with Gasteiger partial charge in [0.15, 0.2) is 17.2 Å². The van der Waals surface area contributed by atoms with Gasteiger partial charge in [-0.25, -0.2) is 0 Å². The van der Waals surface area contributed by atoms with Crippen LogP contribution in [0.15, 0.2) is 36.1 Å². The lowest BCUT2D eigenvalue weighted by atomic mass is 9.54. The van der Waals surface area contributed by atoms with Crippen LogP contribution >= 0.6 is 0 Å². The highest BCUT2D eigenvalue weighted by Gasteiger charge is 2.69. The number of hydrogen-bond acceptors (Lipinski definition) is 9. The number of Topliss-reactive ketones (excluding diaryl/α,β-unsaturated/α-hetero) is 2. The molecule has 1 fully saturated rings. The van der Waals surface area contributed by atoms with E-state index in [1.54, 1.807) is 0 Å². The predicted octanol–water partition coefficient (Wildman–Crippen LogP) is -1.27. The van der Waals surface area contributed by atoms with Gasteiger partial charge in [-0.1, -0.05) is 18.7 Å². The average molecular weight is 444 g/mol. The van der Waals surface area contributed by atoms with Crippen molar-refractivity contribution in [1.29, 1.82) is 0 Å². The number of likely N-dealkylation sites (N-methyl/N-ethyl adjacent to an activating group) is 1. The van der Waals surface area contributed by atoms with Gasteiger partial charge in [0.05, 0.1) is 23.3 Å². The highest BCUT2D eigenvalue weighted by atomic mass is 16.4. The fraction of sp³-hybridized carbons (Fsp3) is 0.409. The normalized spacial score (nSPS) is 36.6. The van der Waals surface area contributed by atoms with E-state index in [1.165, 1.54) is 37.2 Å². The molecule has 10 heteroatoms. The Kier molecular flexibility index (Phi) is 4.83. The lowest BCUT2D eigenvalue weighted by Crippen LogP contribution is -2.74. The number of ketones is 2. The molecule has 10 nitrogen and oxygen atoms in total. The van der Waals surface area contributed by atoms with Crippen LogP contribution in [-0.4, -0.2) is 85.9 Å². The van der Waals surface area contributed by atoms with Gasteiger partial charge in [-0.2, -0.15) is 0 Å². The number of fused-ring (bicyclic) bond motifs is 3. The first-order chi connectivity index (χ1) is 14.9. The Balaban J connectivity index is 2.04. The third-order valence-corrected chi connectivity index (χ3v) is 6.97. The Morgan fingerprint density at radius 1 is 1.16 bits per heavy atom. The Labute approximate surface area is 182 Å². The summed E-state index contributed by atoms with van der Waals surface area (Å²) in [6.07, 6.45) is -3.34. The number of aromatic hydroxyl groups is 1. The zero-order valence-electron chi connectivity index (χ0n) is 17.4. The molecule has 170 valence electrons. The van der Waals surface area contributed by atoms with E-state index in [0.29, 0.717) is 0 Å². The highest BCUT2D eigenvalue weighted by molar-refractivity contribution is 6.19. The number of hydrogen-bond donors (Lipinski definition) is 6. The third kappa shape index (κ3) is 2.51. The molecule has 0 spiro atoms. The van der Waals surface area contributed by atoms with Crippen LogP contribution in [0.25, 0.3) is 5.57 Å². The van der Waals surface area contributed by atoms with Crippen LogP contribution < -0.4 is 5.73 Å². The molecule has 7 atom stereocenters. The highest BCUT2D eigenvalue weighted by Crippen LogP contribution is 2.55. The topological polar surface area (TPSA) is 182 Å². The SMILES string of the molecule is C=C1c2cccc(O)c2C(=O)C2=C(O)[C@]3(O)C(=O)C(C(N)=O)C(O)[C@@H](N(C)C)C3[C@@H](O)C12. The molecular formula is C22H24N2O8. The summed E-state index contributed by atoms with van der Waals surface area (Å²) in [6, 6.07) is 3.07. The average Bonchev–Trinajstić information content (AvgIpc) is 2.70. The molecule has 3 aliphatic carbocycles. The standard InChI is InChI=1S/C22H24N2O8/c1-7-8-5-4-6-9(25)11(8)16(26)12-10(7)17(27)14-15(24(2)3)18(28)13(21(23)31)20(30)22(14,32)19(12)29/h4-6,10,13-15,17-18,25,27-29,32H,1H2,2-3H3,(H2,23,31)/t10?,13?,14?,15-,17-,18?,22-/m0/s1. The first kappa shape index (κ1) is 22.2. The molecule has 0 aliphatic heterocycles. The van der Waals surface area contributed by atoms with E-state index < -0.39 is 76.2 Å². The van der Waals surface area contributed by atoms with Crippen molar-refractivity contribution < 1.29 is 39.9 Å². The molecule has 1 aromatic carbocycles. The molecule has 4 unspecified atom stereocenters. The third-order valence-electron chi connectivity index (χ3n) is 6.97. The molecule has 1 saturated carbocycles. The van der Waals surface area contributed by atoms with Gasteiger partial charge < -0.3 is 36.2 Å². The maximum Gasteiger partial charge on any atom is 0.230 e. The Morgan fingerprint density at radius 2 is 1.78 bits per heavy atom. The van der Waals surface area contributed by atoms with Crippen LogP contribution in [0.2, 0.25) is 0 Å². The number of benzene rings is 1. The van der Waals surface area contributed by atoms with Gasteiger partial charge in [0, 0.05) is 17.9 Å². The van der Waals surface area contributed by atoms with Gasteiger partial charge in [0.2, 0.25) is 5.91 Å². The summed E-state index contributed by atoms with van der Waals surface area (Å²) in [6.45, 7) is 3.93. The number of phenols is 1. The molecule has 0 radical (unpaired) electrons. The van der Waals surface area contributed by atoms with Crippen LogP contribution in [0.4, 0.5) is 0 Å². The molecule has 7 N–H and O–H groups in total. The second-order valence-electron chi connectivity index (χ2n) is 8.77. The zero-order valence-corrected chi connectivity index (χ0v) is 17.4. The van der Waals surface area contributed by atoms with Crippen LogP contribution in [0.5, 0.6) is 5.75 Å². The summed E-state index contributed by atoms with van der Waals surface area (Å²) in [5, 5.41) is 55.0. The minimum absolute atomic E-state index is 0.183. The van der Waals surface area contributed by atoms with E-state index in [2.05, 4.69) is 6.58 Å². The van der Waals surface area contributed by atoms with E-state index in [0.717, 1.165) is 0 Å². The van der Waals surface area contributed by atoms with E-state index in [4.69, 9.17) is 5.73 Å². The van der Waals surface area contributed by atoms with Crippen molar-refractivity contribution in [2.75, 3.05) is 14.1 Å². The molecule has 3 aliphatic rings. The van der Waals surface area contributed by atoms with E-state index in [-0.39, 0.29) is 16.7 Å². The number of primary amides is 1. The number of carbonyl (C=O) groups excluding carboxylic acids is 3. The molecule has 4 rings (SSSR count). The van der Waals surface area contributed by atoms with Gasteiger partial charge in [0.25, 0.3) is 0 Å². The number of nitrogens with two attached hydrogens (primary N) is 1. The van der Waals surface area contributed by atoms with Crippen LogP contribution in [0, 0.1) is 17.8 Å². The number of carbonyl (C=O) groups is 3. The number of amides is 1. The molecule has 1 aromatic rings. The number of phenolic OH excluding ortho intramolecular Hbond substituents is 1. The summed E-state index contributed by atoms with van der Waals surface area (Å²) in [5.41, 5.74) is 2.18. The van der Waals surface area contributed by atoms with Gasteiger partial charge in [0.1, 0.15) is 17.4 Å². The maximum atomic E-state index is 13.3. The summed E-state index contributed by atoms with van der Waals surface area (Å²) < 4.78 is 0. The van der Waals surface area contributed by atoms with Crippen molar-refractivity contribution in [3.05, 3.63) is 47.2 Å². The Bertz CT molecular complexity index is 1110. The van der Waals surface area contributed by atoms with Gasteiger partial charge >= 0.3 is 0 Å². The van der Waals surface area contributed by atoms with Crippen molar-refractivity contribution in [2.45, 2.75) is 23.9 Å². The van der Waals surface area contributed by atoms with Crippen molar-refractivity contribution in [1.82, 2.24) is 4.90 Å². The number of aliphatic hydroxyl groups excluding tert-OH is 3. The summed E-state index contributed by atoms with van der Waals surface area (Å²) in [7, 11) is 3.00. The van der Waals surface area contributed by atoms with Crippen molar-refractivity contribution in [3.8, 4) is 5.75 Å². The number of nitrogens with zero attached hydrogens (tertiary/aromatic N) is 1. The molecule has 0 aromatic heterocycles. The Morgan fingerprint density at radius 3 is 2.34 bits per heavy atom. The molecular weight excluding hydrogens is 420 g/mol. The zero-order chi connectivity index (χ0) is 23.9. The summed E-state index contributed by atoms with van der Waals surface area (Å²) >= 11 is 0. The number of rotatable bonds is 2. The lowest BCUT2D eigenvalue weighted by Gasteiger charge is -2.55. The van der Waals surface area contributed by atoms with Crippen molar-refractivity contribution >= 4 is 23.0 Å². The monoisotopic (exact) mass is 444 g/mol. The van der Waals surface area contributed by atoms with Crippen LogP contribution in [0.3, 0.4) is 0 Å². The van der Waals surface area contributed by atoms with Crippen LogP contribution in [-0.2, 0) is 9.59 Å². The summed E-state index contributed by atoms with van der Waals surface area (Å²) in [5.74, 6) is -9.52. The van der Waals surface area contributed by atoms with Gasteiger partial charge in [-0.05, 0) is 31.3 Å². The van der Waals surface area contributed by atoms with Crippen LogP contribution in [0.1, 0.15) is 15.9 Å². The van der Waals surface area contributed by atoms with E-state index in [1.807, 2.05) is 0 Å². The van der Waals surface area contributed by atoms with Gasteiger partial charge in [-0.3, -0.25) is 14.4 Å². The lowest BCUT2D eigenvalue weighted by molar-refractivity contribution is -0.191.